The minimum absolute atomic E-state index is 0.156. The summed E-state index contributed by atoms with van der Waals surface area (Å²) < 4.78 is 5.36. The summed E-state index contributed by atoms with van der Waals surface area (Å²) in [6, 6.07) is 10.5. The molecule has 0 N–H and O–H groups in total. The molecule has 0 bridgehead atoms. The van der Waals surface area contributed by atoms with Gasteiger partial charge >= 0.3 is 5.97 Å². The molecular formula is C18H27NO2. The van der Waals surface area contributed by atoms with Gasteiger partial charge in [0.25, 0.3) is 0 Å². The summed E-state index contributed by atoms with van der Waals surface area (Å²) in [7, 11) is 0. The topological polar surface area (TPSA) is 29.5 Å². The highest BCUT2D eigenvalue weighted by Gasteiger charge is 2.19. The maximum Gasteiger partial charge on any atom is 0.307 e. The van der Waals surface area contributed by atoms with Crippen LogP contribution in [0.4, 0.5) is 0 Å². The Hall–Kier alpha value is -1.61. The maximum atomic E-state index is 11.9. The summed E-state index contributed by atoms with van der Waals surface area (Å²) in [5.74, 6) is -0.156. The zero-order valence-electron chi connectivity index (χ0n) is 13.6. The van der Waals surface area contributed by atoms with E-state index in [1.165, 1.54) is 5.56 Å². The van der Waals surface area contributed by atoms with Crippen molar-refractivity contribution in [2.75, 3.05) is 13.1 Å². The molecule has 0 aromatic heterocycles. The second-order valence-electron chi connectivity index (χ2n) is 6.21. The van der Waals surface area contributed by atoms with Crippen LogP contribution in [-0.4, -0.2) is 29.6 Å². The van der Waals surface area contributed by atoms with E-state index in [-0.39, 0.29) is 12.0 Å². The van der Waals surface area contributed by atoms with Crippen LogP contribution >= 0.6 is 0 Å². The molecule has 0 aliphatic rings. The number of esters is 1. The van der Waals surface area contributed by atoms with E-state index in [1.54, 1.807) is 0 Å². The van der Waals surface area contributed by atoms with Gasteiger partial charge in [0.05, 0.1) is 6.42 Å². The Bertz CT molecular complexity index is 448. The van der Waals surface area contributed by atoms with Gasteiger partial charge in [0.1, 0.15) is 5.60 Å². The Morgan fingerprint density at radius 1 is 1.33 bits per heavy atom. The smallest absolute Gasteiger partial charge is 0.307 e. The van der Waals surface area contributed by atoms with Gasteiger partial charge in [-0.3, -0.25) is 9.69 Å². The largest absolute Gasteiger partial charge is 0.460 e. The average molecular weight is 289 g/mol. The average Bonchev–Trinajstić information content (AvgIpc) is 2.42. The van der Waals surface area contributed by atoms with Crippen molar-refractivity contribution < 1.29 is 9.53 Å². The van der Waals surface area contributed by atoms with Gasteiger partial charge in [-0.1, -0.05) is 36.4 Å². The molecule has 116 valence electrons. The van der Waals surface area contributed by atoms with E-state index in [9.17, 15) is 4.79 Å². The summed E-state index contributed by atoms with van der Waals surface area (Å²) in [6.45, 7) is 13.0. The molecule has 0 aliphatic heterocycles. The summed E-state index contributed by atoms with van der Waals surface area (Å²) in [4.78, 5) is 14.1. The van der Waals surface area contributed by atoms with E-state index < -0.39 is 5.60 Å². The van der Waals surface area contributed by atoms with Crippen LogP contribution < -0.4 is 0 Å². The van der Waals surface area contributed by atoms with Crippen LogP contribution in [0.1, 0.15) is 45.7 Å². The molecule has 0 saturated heterocycles. The second-order valence-corrected chi connectivity index (χ2v) is 6.21. The van der Waals surface area contributed by atoms with Crippen molar-refractivity contribution in [3.63, 3.8) is 0 Å². The van der Waals surface area contributed by atoms with Gasteiger partial charge in [-0.2, -0.15) is 0 Å². The lowest BCUT2D eigenvalue weighted by molar-refractivity contribution is -0.155. The summed E-state index contributed by atoms with van der Waals surface area (Å²) in [5.41, 5.74) is 0.814. The first-order chi connectivity index (χ1) is 9.83. The van der Waals surface area contributed by atoms with Gasteiger partial charge in [-0.15, -0.1) is 6.58 Å². The van der Waals surface area contributed by atoms with E-state index in [0.717, 1.165) is 6.54 Å². The Labute approximate surface area is 128 Å². The van der Waals surface area contributed by atoms with Gasteiger partial charge in [-0.05, 0) is 33.3 Å². The SMILES string of the molecule is C=CCN(CCC(=O)OC(C)(C)C)[C@H](C)c1ccccc1. The van der Waals surface area contributed by atoms with Crippen LogP contribution in [0.2, 0.25) is 0 Å². The first kappa shape index (κ1) is 17.4. The molecular weight excluding hydrogens is 262 g/mol. The molecule has 1 aromatic carbocycles. The summed E-state index contributed by atoms with van der Waals surface area (Å²) in [5, 5.41) is 0. The van der Waals surface area contributed by atoms with E-state index >= 15 is 0 Å². The van der Waals surface area contributed by atoms with Crippen LogP contribution in [0.15, 0.2) is 43.0 Å². The fourth-order valence-corrected chi connectivity index (χ4v) is 2.18. The van der Waals surface area contributed by atoms with E-state index in [1.807, 2.05) is 45.0 Å². The number of carbonyl (C=O) groups is 1. The van der Waals surface area contributed by atoms with E-state index in [0.29, 0.717) is 13.0 Å². The number of hydrogen-bond acceptors (Lipinski definition) is 3. The van der Waals surface area contributed by atoms with Gasteiger partial charge < -0.3 is 4.74 Å². The highest BCUT2D eigenvalue weighted by Crippen LogP contribution is 2.20. The third-order valence-corrected chi connectivity index (χ3v) is 3.22. The van der Waals surface area contributed by atoms with Crippen LogP contribution in [0.25, 0.3) is 0 Å². The van der Waals surface area contributed by atoms with Crippen LogP contribution in [-0.2, 0) is 9.53 Å². The Balaban J connectivity index is 2.61. The first-order valence-corrected chi connectivity index (χ1v) is 7.45. The normalized spacial score (nSPS) is 13.0. The highest BCUT2D eigenvalue weighted by atomic mass is 16.6. The molecule has 21 heavy (non-hydrogen) atoms. The minimum Gasteiger partial charge on any atom is -0.460 e. The Morgan fingerprint density at radius 2 is 1.95 bits per heavy atom. The Kier molecular flexibility index (Phi) is 6.63. The minimum atomic E-state index is -0.425. The lowest BCUT2D eigenvalue weighted by Gasteiger charge is -2.28. The van der Waals surface area contributed by atoms with Crippen molar-refractivity contribution in [1.82, 2.24) is 4.90 Å². The van der Waals surface area contributed by atoms with Crippen molar-refractivity contribution in [1.29, 1.82) is 0 Å². The molecule has 0 aliphatic carbocycles. The molecule has 3 nitrogen and oxygen atoms in total. The molecule has 0 fully saturated rings. The molecule has 0 radical (unpaired) electrons. The van der Waals surface area contributed by atoms with Crippen molar-refractivity contribution in [3.8, 4) is 0 Å². The zero-order chi connectivity index (χ0) is 15.9. The molecule has 3 heteroatoms. The number of nitrogens with zero attached hydrogens (tertiary/aromatic N) is 1. The first-order valence-electron chi connectivity index (χ1n) is 7.45. The maximum absolute atomic E-state index is 11.9. The number of rotatable bonds is 7. The number of carbonyl (C=O) groups excluding carboxylic acids is 1. The lowest BCUT2D eigenvalue weighted by Crippen LogP contribution is -2.31. The van der Waals surface area contributed by atoms with Gasteiger partial charge in [0, 0.05) is 19.1 Å². The summed E-state index contributed by atoms with van der Waals surface area (Å²) >= 11 is 0. The Morgan fingerprint density at radius 3 is 2.48 bits per heavy atom. The monoisotopic (exact) mass is 289 g/mol. The molecule has 0 heterocycles. The standard InChI is InChI=1S/C18H27NO2/c1-6-13-19(14-12-17(20)21-18(3,4)5)15(2)16-10-8-7-9-11-16/h6-11,15H,1,12-14H2,2-5H3/t15-/m1/s1. The fraction of sp³-hybridized carbons (Fsp3) is 0.500. The molecule has 0 unspecified atom stereocenters. The predicted molar refractivity (Wildman–Crippen MR) is 87.1 cm³/mol. The third-order valence-electron chi connectivity index (χ3n) is 3.22. The zero-order valence-corrected chi connectivity index (χ0v) is 13.6. The predicted octanol–water partition coefficient (Wildman–Crippen LogP) is 3.97. The van der Waals surface area contributed by atoms with Crippen molar-refractivity contribution >= 4 is 5.97 Å². The molecule has 1 aromatic rings. The van der Waals surface area contributed by atoms with Gasteiger partial charge in [0.2, 0.25) is 0 Å². The van der Waals surface area contributed by atoms with Crippen molar-refractivity contribution in [3.05, 3.63) is 48.6 Å². The van der Waals surface area contributed by atoms with Crippen molar-refractivity contribution in [2.45, 2.75) is 45.8 Å². The number of ether oxygens (including phenoxy) is 1. The number of benzene rings is 1. The molecule has 0 saturated carbocycles. The highest BCUT2D eigenvalue weighted by molar-refractivity contribution is 5.70. The molecule has 1 rings (SSSR count). The van der Waals surface area contributed by atoms with E-state index in [4.69, 9.17) is 4.74 Å². The molecule has 0 spiro atoms. The fourth-order valence-electron chi connectivity index (χ4n) is 2.18. The lowest BCUT2D eigenvalue weighted by atomic mass is 10.1. The number of hydrogen-bond donors (Lipinski definition) is 0. The van der Waals surface area contributed by atoms with Crippen molar-refractivity contribution in [2.24, 2.45) is 0 Å². The van der Waals surface area contributed by atoms with Crippen LogP contribution in [0.5, 0.6) is 0 Å². The van der Waals surface area contributed by atoms with Crippen LogP contribution in [0.3, 0.4) is 0 Å². The molecule has 1 atom stereocenters. The van der Waals surface area contributed by atoms with Crippen LogP contribution in [0, 0.1) is 0 Å². The quantitative estimate of drug-likeness (QED) is 0.562. The third kappa shape index (κ3) is 6.58. The molecule has 0 amide bonds. The summed E-state index contributed by atoms with van der Waals surface area (Å²) in [6.07, 6.45) is 2.26. The van der Waals surface area contributed by atoms with Gasteiger partial charge in [-0.25, -0.2) is 0 Å². The second kappa shape index (κ2) is 7.99. The van der Waals surface area contributed by atoms with E-state index in [2.05, 4.69) is 30.5 Å². The van der Waals surface area contributed by atoms with Gasteiger partial charge in [0.15, 0.2) is 0 Å².